The molecule has 0 aliphatic carbocycles. The lowest BCUT2D eigenvalue weighted by Gasteiger charge is -2.34. The molecule has 1 amide bonds. The molecular formula is C21H28N4O3S. The van der Waals surface area contributed by atoms with Crippen molar-refractivity contribution >= 4 is 23.1 Å². The van der Waals surface area contributed by atoms with Crippen molar-refractivity contribution in [3.05, 3.63) is 39.5 Å². The van der Waals surface area contributed by atoms with Crippen LogP contribution in [-0.2, 0) is 28.7 Å². The van der Waals surface area contributed by atoms with Gasteiger partial charge in [-0.05, 0) is 24.3 Å². The quantitative estimate of drug-likeness (QED) is 0.778. The van der Waals surface area contributed by atoms with Crippen LogP contribution < -0.4 is 10.2 Å². The predicted molar refractivity (Wildman–Crippen MR) is 113 cm³/mol. The molecule has 2 aliphatic rings. The van der Waals surface area contributed by atoms with E-state index < -0.39 is 0 Å². The standard InChI is InChI=1S/C21H28N4O3S/c1-27-10-6-19-23-18-5-12-28-11-4-17(18)20(24-19)25-8-2-16(3-9-25)22-21(26)15-7-13-29-14-15/h7,13-14,16H,2-6,8-12H2,1H3,(H,22,26). The highest BCUT2D eigenvalue weighted by atomic mass is 32.1. The van der Waals surface area contributed by atoms with Crippen LogP contribution in [0.25, 0.3) is 0 Å². The van der Waals surface area contributed by atoms with E-state index in [2.05, 4.69) is 10.2 Å². The first-order chi connectivity index (χ1) is 14.2. The monoisotopic (exact) mass is 416 g/mol. The highest BCUT2D eigenvalue weighted by Crippen LogP contribution is 2.27. The van der Waals surface area contributed by atoms with Crippen LogP contribution in [0.5, 0.6) is 0 Å². The maximum Gasteiger partial charge on any atom is 0.252 e. The van der Waals surface area contributed by atoms with Crippen LogP contribution in [-0.4, -0.2) is 61.9 Å². The molecule has 0 aromatic carbocycles. The van der Waals surface area contributed by atoms with E-state index in [9.17, 15) is 4.79 Å². The summed E-state index contributed by atoms with van der Waals surface area (Å²) >= 11 is 1.55. The van der Waals surface area contributed by atoms with Gasteiger partial charge in [0.2, 0.25) is 0 Å². The van der Waals surface area contributed by atoms with Gasteiger partial charge in [0.05, 0.1) is 25.5 Å². The number of anilines is 1. The predicted octanol–water partition coefficient (Wildman–Crippen LogP) is 2.24. The van der Waals surface area contributed by atoms with Gasteiger partial charge in [0.1, 0.15) is 11.6 Å². The minimum absolute atomic E-state index is 0.0274. The van der Waals surface area contributed by atoms with Gasteiger partial charge in [-0.25, -0.2) is 9.97 Å². The van der Waals surface area contributed by atoms with E-state index in [0.29, 0.717) is 26.2 Å². The molecular weight excluding hydrogens is 388 g/mol. The van der Waals surface area contributed by atoms with Gasteiger partial charge in [-0.15, -0.1) is 0 Å². The van der Waals surface area contributed by atoms with E-state index in [0.717, 1.165) is 61.7 Å². The molecule has 0 radical (unpaired) electrons. The molecule has 1 saturated heterocycles. The molecule has 0 unspecified atom stereocenters. The van der Waals surface area contributed by atoms with Gasteiger partial charge in [0.15, 0.2) is 0 Å². The zero-order valence-electron chi connectivity index (χ0n) is 16.9. The third-order valence-electron chi connectivity index (χ3n) is 5.54. The Morgan fingerprint density at radius 1 is 1.31 bits per heavy atom. The van der Waals surface area contributed by atoms with Crippen molar-refractivity contribution in [2.24, 2.45) is 0 Å². The normalized spacial score (nSPS) is 17.6. The molecule has 1 N–H and O–H groups in total. The molecule has 2 aliphatic heterocycles. The average Bonchev–Trinajstić information content (AvgIpc) is 3.18. The number of methoxy groups -OCH3 is 1. The molecule has 0 spiro atoms. The number of rotatable bonds is 6. The minimum atomic E-state index is 0.0274. The summed E-state index contributed by atoms with van der Waals surface area (Å²) in [7, 11) is 1.70. The SMILES string of the molecule is COCCc1nc2c(c(N3CCC(NC(=O)c4ccsc4)CC3)n1)CCOCC2. The summed E-state index contributed by atoms with van der Waals surface area (Å²) in [5.74, 6) is 1.92. The van der Waals surface area contributed by atoms with Gasteiger partial charge in [0, 0.05) is 62.0 Å². The first-order valence-corrected chi connectivity index (χ1v) is 11.2. The Balaban J connectivity index is 1.46. The topological polar surface area (TPSA) is 76.6 Å². The summed E-state index contributed by atoms with van der Waals surface area (Å²) in [4.78, 5) is 24.4. The maximum atomic E-state index is 12.3. The fourth-order valence-corrected chi connectivity index (χ4v) is 4.58. The molecule has 4 heterocycles. The second kappa shape index (κ2) is 9.65. The number of nitrogens with one attached hydrogen (secondary N) is 1. The molecule has 0 bridgehead atoms. The molecule has 0 atom stereocenters. The first-order valence-electron chi connectivity index (χ1n) is 10.3. The lowest BCUT2D eigenvalue weighted by atomic mass is 10.0. The van der Waals surface area contributed by atoms with Crippen molar-refractivity contribution in [1.82, 2.24) is 15.3 Å². The number of aromatic nitrogens is 2. The number of fused-ring (bicyclic) bond motifs is 1. The summed E-state index contributed by atoms with van der Waals surface area (Å²) in [6.45, 7) is 3.80. The zero-order valence-corrected chi connectivity index (χ0v) is 17.7. The molecule has 8 heteroatoms. The maximum absolute atomic E-state index is 12.3. The van der Waals surface area contributed by atoms with Crippen molar-refractivity contribution in [2.75, 3.05) is 44.9 Å². The number of nitrogens with zero attached hydrogens (tertiary/aromatic N) is 3. The summed E-state index contributed by atoms with van der Waals surface area (Å²) < 4.78 is 10.9. The van der Waals surface area contributed by atoms with Crippen LogP contribution >= 0.6 is 11.3 Å². The van der Waals surface area contributed by atoms with Crippen LogP contribution in [0.1, 0.15) is 40.3 Å². The lowest BCUT2D eigenvalue weighted by Crippen LogP contribution is -2.45. The summed E-state index contributed by atoms with van der Waals surface area (Å²) in [6.07, 6.45) is 4.23. The van der Waals surface area contributed by atoms with Crippen LogP contribution in [0.15, 0.2) is 16.8 Å². The number of hydrogen-bond acceptors (Lipinski definition) is 7. The van der Waals surface area contributed by atoms with Gasteiger partial charge < -0.3 is 19.7 Å². The smallest absolute Gasteiger partial charge is 0.252 e. The van der Waals surface area contributed by atoms with Crippen LogP contribution in [0.4, 0.5) is 5.82 Å². The summed E-state index contributed by atoms with van der Waals surface area (Å²) in [5.41, 5.74) is 3.09. The fourth-order valence-electron chi connectivity index (χ4n) is 3.94. The van der Waals surface area contributed by atoms with Gasteiger partial charge in [-0.2, -0.15) is 11.3 Å². The second-order valence-corrected chi connectivity index (χ2v) is 8.27. The van der Waals surface area contributed by atoms with Gasteiger partial charge in [0.25, 0.3) is 5.91 Å². The highest BCUT2D eigenvalue weighted by molar-refractivity contribution is 7.08. The third-order valence-corrected chi connectivity index (χ3v) is 6.22. The summed E-state index contributed by atoms with van der Waals surface area (Å²) in [5, 5.41) is 7.00. The number of piperidine rings is 1. The number of hydrogen-bond donors (Lipinski definition) is 1. The van der Waals surface area contributed by atoms with E-state index in [1.807, 2.05) is 16.8 Å². The zero-order chi connectivity index (χ0) is 20.1. The molecule has 1 fully saturated rings. The molecule has 156 valence electrons. The Labute approximate surface area is 175 Å². The number of amides is 1. The van der Waals surface area contributed by atoms with Gasteiger partial charge in [-0.1, -0.05) is 0 Å². The van der Waals surface area contributed by atoms with Crippen LogP contribution in [0, 0.1) is 0 Å². The van der Waals surface area contributed by atoms with Crippen molar-refractivity contribution < 1.29 is 14.3 Å². The Bertz CT molecular complexity index is 820. The van der Waals surface area contributed by atoms with E-state index in [1.165, 1.54) is 5.56 Å². The number of carbonyl (C=O) groups is 1. The van der Waals surface area contributed by atoms with Gasteiger partial charge >= 0.3 is 0 Å². The van der Waals surface area contributed by atoms with E-state index in [4.69, 9.17) is 19.4 Å². The Hall–Kier alpha value is -2.03. The molecule has 2 aromatic rings. The van der Waals surface area contributed by atoms with E-state index in [-0.39, 0.29) is 11.9 Å². The third kappa shape index (κ3) is 4.94. The van der Waals surface area contributed by atoms with Crippen molar-refractivity contribution in [3.63, 3.8) is 0 Å². The largest absolute Gasteiger partial charge is 0.384 e. The van der Waals surface area contributed by atoms with Crippen molar-refractivity contribution in [3.8, 4) is 0 Å². The van der Waals surface area contributed by atoms with Crippen molar-refractivity contribution in [2.45, 2.75) is 38.1 Å². The Morgan fingerprint density at radius 3 is 2.90 bits per heavy atom. The average molecular weight is 417 g/mol. The number of ether oxygens (including phenoxy) is 2. The fraction of sp³-hybridized carbons (Fsp3) is 0.571. The second-order valence-electron chi connectivity index (χ2n) is 7.49. The minimum Gasteiger partial charge on any atom is -0.384 e. The van der Waals surface area contributed by atoms with Crippen LogP contribution in [0.2, 0.25) is 0 Å². The molecule has 4 rings (SSSR count). The first kappa shape index (κ1) is 20.3. The molecule has 0 saturated carbocycles. The number of thiophene rings is 1. The lowest BCUT2D eigenvalue weighted by molar-refractivity contribution is 0.0931. The van der Waals surface area contributed by atoms with Crippen molar-refractivity contribution in [1.29, 1.82) is 0 Å². The van der Waals surface area contributed by atoms with E-state index in [1.54, 1.807) is 18.4 Å². The summed E-state index contributed by atoms with van der Waals surface area (Å²) in [6, 6.07) is 2.07. The molecule has 2 aromatic heterocycles. The Morgan fingerprint density at radius 2 is 2.14 bits per heavy atom. The number of carbonyl (C=O) groups excluding carboxylic acids is 1. The van der Waals surface area contributed by atoms with Gasteiger partial charge in [-0.3, -0.25) is 4.79 Å². The van der Waals surface area contributed by atoms with Crippen LogP contribution in [0.3, 0.4) is 0 Å². The Kier molecular flexibility index (Phi) is 6.74. The molecule has 7 nitrogen and oxygen atoms in total. The molecule has 29 heavy (non-hydrogen) atoms. The highest BCUT2D eigenvalue weighted by Gasteiger charge is 2.26. The van der Waals surface area contributed by atoms with E-state index >= 15 is 0 Å².